The first kappa shape index (κ1) is 16.2. The van der Waals surface area contributed by atoms with Crippen LogP contribution in [0.15, 0.2) is 22.7 Å². The minimum atomic E-state index is -0.00712. The SMILES string of the molecule is CCc1nn(CC)c(CC(N)c2ccc(C)c(C)c2)c1Br. The highest BCUT2D eigenvalue weighted by molar-refractivity contribution is 9.10. The van der Waals surface area contributed by atoms with Crippen LogP contribution in [0, 0.1) is 13.8 Å². The van der Waals surface area contributed by atoms with Gasteiger partial charge in [-0.2, -0.15) is 5.10 Å². The van der Waals surface area contributed by atoms with Crippen LogP contribution >= 0.6 is 15.9 Å². The Hall–Kier alpha value is -1.13. The average Bonchev–Trinajstić information content (AvgIpc) is 2.78. The molecule has 114 valence electrons. The number of hydrogen-bond donors (Lipinski definition) is 1. The molecule has 0 aliphatic heterocycles. The molecule has 0 amide bonds. The Morgan fingerprint density at radius 3 is 2.52 bits per heavy atom. The zero-order valence-corrected chi connectivity index (χ0v) is 14.9. The van der Waals surface area contributed by atoms with Crippen molar-refractivity contribution in [2.75, 3.05) is 0 Å². The smallest absolute Gasteiger partial charge is 0.0766 e. The van der Waals surface area contributed by atoms with Gasteiger partial charge in [0.1, 0.15) is 0 Å². The van der Waals surface area contributed by atoms with E-state index in [-0.39, 0.29) is 6.04 Å². The highest BCUT2D eigenvalue weighted by Gasteiger charge is 2.17. The average molecular weight is 350 g/mol. The second-order valence-corrected chi connectivity index (χ2v) is 6.32. The molecule has 1 aromatic carbocycles. The summed E-state index contributed by atoms with van der Waals surface area (Å²) in [6, 6.07) is 6.47. The Bertz CT molecular complexity index is 631. The lowest BCUT2D eigenvalue weighted by molar-refractivity contribution is 0.584. The van der Waals surface area contributed by atoms with Gasteiger partial charge in [0.2, 0.25) is 0 Å². The number of aromatic nitrogens is 2. The van der Waals surface area contributed by atoms with Gasteiger partial charge in [-0.25, -0.2) is 0 Å². The van der Waals surface area contributed by atoms with E-state index in [1.54, 1.807) is 0 Å². The van der Waals surface area contributed by atoms with E-state index in [1.807, 2.05) is 0 Å². The van der Waals surface area contributed by atoms with Gasteiger partial charge < -0.3 is 5.73 Å². The van der Waals surface area contributed by atoms with Gasteiger partial charge in [0, 0.05) is 19.0 Å². The number of aryl methyl sites for hydroxylation is 4. The van der Waals surface area contributed by atoms with E-state index < -0.39 is 0 Å². The monoisotopic (exact) mass is 349 g/mol. The van der Waals surface area contributed by atoms with Gasteiger partial charge in [-0.05, 0) is 59.8 Å². The standard InChI is InChI=1S/C17H24BrN3/c1-5-15-17(18)16(21(6-2)20-15)10-14(19)13-8-7-11(3)12(4)9-13/h7-9,14H,5-6,10,19H2,1-4H3. The summed E-state index contributed by atoms with van der Waals surface area (Å²) in [7, 11) is 0. The van der Waals surface area contributed by atoms with Crippen molar-refractivity contribution in [3.63, 3.8) is 0 Å². The maximum absolute atomic E-state index is 6.43. The maximum atomic E-state index is 6.43. The number of nitrogens with zero attached hydrogens (tertiary/aromatic N) is 2. The molecule has 1 heterocycles. The minimum Gasteiger partial charge on any atom is -0.324 e. The second kappa shape index (κ2) is 6.75. The summed E-state index contributed by atoms with van der Waals surface area (Å²) < 4.78 is 3.18. The second-order valence-electron chi connectivity index (χ2n) is 5.53. The van der Waals surface area contributed by atoms with Gasteiger partial charge >= 0.3 is 0 Å². The van der Waals surface area contributed by atoms with Crippen molar-refractivity contribution in [3.8, 4) is 0 Å². The van der Waals surface area contributed by atoms with E-state index in [0.717, 1.165) is 29.6 Å². The molecule has 1 unspecified atom stereocenters. The van der Waals surface area contributed by atoms with Crippen LogP contribution in [-0.2, 0) is 19.4 Å². The number of hydrogen-bond acceptors (Lipinski definition) is 2. The summed E-state index contributed by atoms with van der Waals surface area (Å²) in [6.45, 7) is 9.37. The molecule has 2 aromatic rings. The summed E-state index contributed by atoms with van der Waals surface area (Å²) in [4.78, 5) is 0. The van der Waals surface area contributed by atoms with E-state index in [4.69, 9.17) is 5.73 Å². The van der Waals surface area contributed by atoms with Crippen LogP contribution in [0.25, 0.3) is 0 Å². The Kier molecular flexibility index (Phi) is 5.22. The molecule has 0 fully saturated rings. The molecule has 0 saturated carbocycles. The summed E-state index contributed by atoms with van der Waals surface area (Å²) >= 11 is 3.69. The highest BCUT2D eigenvalue weighted by Crippen LogP contribution is 2.27. The molecular formula is C17H24BrN3. The Balaban J connectivity index is 2.28. The number of halogens is 1. The largest absolute Gasteiger partial charge is 0.324 e. The van der Waals surface area contributed by atoms with Crippen molar-refractivity contribution in [1.82, 2.24) is 9.78 Å². The van der Waals surface area contributed by atoms with Crippen LogP contribution in [0.4, 0.5) is 0 Å². The van der Waals surface area contributed by atoms with E-state index >= 15 is 0 Å². The van der Waals surface area contributed by atoms with Crippen molar-refractivity contribution in [2.24, 2.45) is 5.73 Å². The molecule has 0 spiro atoms. The highest BCUT2D eigenvalue weighted by atomic mass is 79.9. The van der Waals surface area contributed by atoms with Gasteiger partial charge in [-0.1, -0.05) is 25.1 Å². The molecule has 1 aromatic heterocycles. The lowest BCUT2D eigenvalue weighted by Crippen LogP contribution is -2.16. The first-order chi connectivity index (χ1) is 9.97. The summed E-state index contributed by atoms with van der Waals surface area (Å²) in [5.74, 6) is 0. The van der Waals surface area contributed by atoms with Gasteiger partial charge in [0.25, 0.3) is 0 Å². The van der Waals surface area contributed by atoms with Gasteiger partial charge in [0.15, 0.2) is 0 Å². The third kappa shape index (κ3) is 3.38. The van der Waals surface area contributed by atoms with Crippen molar-refractivity contribution >= 4 is 15.9 Å². The summed E-state index contributed by atoms with van der Waals surface area (Å²) in [5, 5.41) is 4.64. The molecule has 0 aliphatic rings. The van der Waals surface area contributed by atoms with Crippen molar-refractivity contribution in [3.05, 3.63) is 50.8 Å². The zero-order valence-electron chi connectivity index (χ0n) is 13.3. The van der Waals surface area contributed by atoms with E-state index in [9.17, 15) is 0 Å². The number of rotatable bonds is 5. The Morgan fingerprint density at radius 1 is 1.24 bits per heavy atom. The fourth-order valence-electron chi connectivity index (χ4n) is 2.53. The Labute approximate surface area is 135 Å². The summed E-state index contributed by atoms with van der Waals surface area (Å²) in [6.07, 6.45) is 1.73. The third-order valence-corrected chi connectivity index (χ3v) is 4.98. The van der Waals surface area contributed by atoms with Gasteiger partial charge in [-0.3, -0.25) is 4.68 Å². The quantitative estimate of drug-likeness (QED) is 0.883. The van der Waals surface area contributed by atoms with Gasteiger partial charge in [-0.15, -0.1) is 0 Å². The van der Waals surface area contributed by atoms with E-state index in [1.165, 1.54) is 22.4 Å². The first-order valence-electron chi connectivity index (χ1n) is 7.54. The molecule has 21 heavy (non-hydrogen) atoms. The molecule has 1 atom stereocenters. The normalized spacial score (nSPS) is 12.7. The molecule has 2 N–H and O–H groups in total. The molecule has 0 aliphatic carbocycles. The first-order valence-corrected chi connectivity index (χ1v) is 8.34. The predicted molar refractivity (Wildman–Crippen MR) is 91.5 cm³/mol. The van der Waals surface area contributed by atoms with Crippen molar-refractivity contribution < 1.29 is 0 Å². The van der Waals surface area contributed by atoms with Crippen LogP contribution in [0.3, 0.4) is 0 Å². The van der Waals surface area contributed by atoms with Crippen molar-refractivity contribution in [2.45, 2.75) is 53.1 Å². The van der Waals surface area contributed by atoms with Crippen LogP contribution in [0.1, 0.15) is 48.0 Å². The van der Waals surface area contributed by atoms with Crippen LogP contribution in [0.5, 0.6) is 0 Å². The Morgan fingerprint density at radius 2 is 1.95 bits per heavy atom. The molecule has 0 bridgehead atoms. The third-order valence-electron chi connectivity index (χ3n) is 4.07. The lowest BCUT2D eigenvalue weighted by Gasteiger charge is -2.15. The van der Waals surface area contributed by atoms with Crippen LogP contribution in [0.2, 0.25) is 0 Å². The molecular weight excluding hydrogens is 326 g/mol. The maximum Gasteiger partial charge on any atom is 0.0766 e. The molecule has 0 saturated heterocycles. The fourth-order valence-corrected chi connectivity index (χ4v) is 3.26. The van der Waals surface area contributed by atoms with E-state index in [2.05, 4.69) is 71.6 Å². The minimum absolute atomic E-state index is 0.00712. The van der Waals surface area contributed by atoms with E-state index in [0.29, 0.717) is 0 Å². The van der Waals surface area contributed by atoms with Crippen LogP contribution in [-0.4, -0.2) is 9.78 Å². The number of nitrogens with two attached hydrogens (primary N) is 1. The summed E-state index contributed by atoms with van der Waals surface area (Å²) in [5.41, 5.74) is 12.5. The molecule has 4 heteroatoms. The van der Waals surface area contributed by atoms with Crippen LogP contribution < -0.4 is 5.73 Å². The molecule has 2 rings (SSSR count). The predicted octanol–water partition coefficient (Wildman–Crippen LogP) is 4.09. The topological polar surface area (TPSA) is 43.8 Å². The zero-order chi connectivity index (χ0) is 15.6. The fraction of sp³-hybridized carbons (Fsp3) is 0.471. The van der Waals surface area contributed by atoms with Gasteiger partial charge in [0.05, 0.1) is 15.9 Å². The number of benzene rings is 1. The lowest BCUT2D eigenvalue weighted by atomic mass is 9.98. The molecule has 0 radical (unpaired) electrons. The van der Waals surface area contributed by atoms with Crippen molar-refractivity contribution in [1.29, 1.82) is 0 Å². The molecule has 3 nitrogen and oxygen atoms in total.